The molecule has 0 saturated heterocycles. The largest absolute Gasteiger partial charge is 0.516 e. The maximum absolute atomic E-state index is 12.8. The van der Waals surface area contributed by atoms with E-state index >= 15 is 0 Å². The number of hydrogen-bond donors (Lipinski definition) is 6. The molecule has 88 heavy (non-hydrogen) atoms. The minimum absolute atomic E-state index is 0.108. The van der Waals surface area contributed by atoms with Crippen molar-refractivity contribution in [3.63, 3.8) is 0 Å². The van der Waals surface area contributed by atoms with Crippen molar-refractivity contribution in [1.29, 1.82) is 0 Å². The van der Waals surface area contributed by atoms with E-state index in [9.17, 15) is 35.1 Å². The van der Waals surface area contributed by atoms with Crippen molar-refractivity contribution in [1.82, 2.24) is 29.9 Å². The molecule has 3 aromatic heterocycles. The van der Waals surface area contributed by atoms with E-state index < -0.39 is 31.2 Å². The third kappa shape index (κ3) is 15.7. The summed E-state index contributed by atoms with van der Waals surface area (Å²) in [6, 6.07) is 60.9. The van der Waals surface area contributed by atoms with Crippen molar-refractivity contribution in [2.24, 2.45) is 5.14 Å². The van der Waals surface area contributed by atoms with Gasteiger partial charge in [0.05, 0.1) is 49.3 Å². The number of aromatic amines is 3. The molecule has 0 saturated carbocycles. The Morgan fingerprint density at radius 1 is 0.466 bits per heavy atom. The predicted molar refractivity (Wildman–Crippen MR) is 346 cm³/mol. The van der Waals surface area contributed by atoms with Gasteiger partial charge < -0.3 is 20.1 Å². The molecule has 21 heteroatoms. The molecule has 9 aromatic carbocycles. The minimum atomic E-state index is -5.53. The van der Waals surface area contributed by atoms with Crippen LogP contribution in [0.1, 0.15) is 53.6 Å². The van der Waals surface area contributed by atoms with E-state index in [1.165, 1.54) is 29.3 Å². The topological polar surface area (TPSA) is 213 Å². The molecule has 0 aliphatic rings. The summed E-state index contributed by atoms with van der Waals surface area (Å²) < 4.78 is 87.0. The van der Waals surface area contributed by atoms with Gasteiger partial charge in [-0.2, -0.15) is 21.6 Å². The van der Waals surface area contributed by atoms with Crippen molar-refractivity contribution >= 4 is 93.6 Å². The second kappa shape index (κ2) is 26.6. The molecule has 0 bridgehead atoms. The first kappa shape index (κ1) is 62.7. The van der Waals surface area contributed by atoms with Crippen LogP contribution in [0.5, 0.6) is 0 Å². The van der Waals surface area contributed by atoms with Crippen LogP contribution in [-0.2, 0) is 64.2 Å². The van der Waals surface area contributed by atoms with Gasteiger partial charge in [0.2, 0.25) is 10.0 Å². The van der Waals surface area contributed by atoms with E-state index in [1.807, 2.05) is 123 Å². The molecular weight excluding hydrogens is 1220 g/mol. The Hall–Kier alpha value is -8.33. The molecule has 0 aliphatic heterocycles. The number of hydrogen-bond acceptors (Lipinski definition) is 8. The zero-order valence-electron chi connectivity index (χ0n) is 47.4. The summed E-state index contributed by atoms with van der Waals surface area (Å²) in [7, 11) is -9.34. The van der Waals surface area contributed by atoms with Gasteiger partial charge in [0.1, 0.15) is 17.5 Å². The predicted octanol–water partition coefficient (Wildman–Crippen LogP) is 16.1. The second-order valence-corrected chi connectivity index (χ2v) is 25.9. The van der Waals surface area contributed by atoms with E-state index in [0.717, 1.165) is 110 Å². The summed E-state index contributed by atoms with van der Waals surface area (Å²) in [6.07, 6.45) is 4.77. The van der Waals surface area contributed by atoms with Gasteiger partial charge in [-0.05, 0) is 163 Å². The number of primary sulfonamides is 1. The lowest BCUT2D eigenvalue weighted by Gasteiger charge is -2.21. The first-order chi connectivity index (χ1) is 41.9. The molecule has 3 heterocycles. The van der Waals surface area contributed by atoms with Crippen LogP contribution < -0.4 is 9.86 Å². The lowest BCUT2D eigenvalue weighted by molar-refractivity contribution is -0.0429. The van der Waals surface area contributed by atoms with E-state index in [4.69, 9.17) is 44.9 Å². The average Bonchev–Trinajstić information content (AvgIpc) is 1.93. The number of imidazole rings is 3. The second-order valence-electron chi connectivity index (χ2n) is 21.4. The number of alkyl halides is 3. The molecule has 0 spiro atoms. The van der Waals surface area contributed by atoms with Crippen LogP contribution >= 0.6 is 34.8 Å². The number of H-pyrrole nitrogens is 3. The fraction of sp³-hybridized carbons (Fsp3) is 0.149. The zero-order chi connectivity index (χ0) is 62.4. The number of fused-ring (bicyclic) bond motifs is 3. The van der Waals surface area contributed by atoms with Crippen molar-refractivity contribution in [2.45, 2.75) is 68.4 Å². The van der Waals surface area contributed by atoms with Gasteiger partial charge in [0.25, 0.3) is 0 Å². The third-order valence-electron chi connectivity index (χ3n) is 14.5. The summed E-state index contributed by atoms with van der Waals surface area (Å²) in [6.45, 7) is 3.63. The molecule has 0 fully saturated rings. The number of nitrogens with zero attached hydrogens (tertiary/aromatic N) is 3. The number of halogens is 6. The quantitative estimate of drug-likeness (QED) is 0.0546. The monoisotopic (exact) mass is 1280 g/mol. The fourth-order valence-electron chi connectivity index (χ4n) is 10.0. The van der Waals surface area contributed by atoms with Gasteiger partial charge in [-0.25, -0.2) is 28.5 Å². The van der Waals surface area contributed by atoms with Gasteiger partial charge in [-0.1, -0.05) is 150 Å². The number of nitrogens with two attached hydrogens (primary N) is 1. The van der Waals surface area contributed by atoms with Crippen LogP contribution in [0, 0.1) is 0 Å². The summed E-state index contributed by atoms with van der Waals surface area (Å²) in [4.78, 5) is 24.0. The van der Waals surface area contributed by atoms with E-state index in [0.29, 0.717) is 39.2 Å². The smallest absolute Gasteiger partial charge is 0.386 e. The van der Waals surface area contributed by atoms with Crippen LogP contribution in [0.2, 0.25) is 15.1 Å². The Kier molecular flexibility index (Phi) is 18.9. The highest BCUT2D eigenvalue weighted by Crippen LogP contribution is 2.36. The summed E-state index contributed by atoms with van der Waals surface area (Å²) in [5, 5.41) is 18.0. The third-order valence-corrected chi connectivity index (χ3v) is 17.3. The molecule has 7 N–H and O–H groups in total. The number of sulfonamides is 2. The number of nitrogens with one attached hydrogen (secondary N) is 4. The number of aromatic nitrogens is 6. The van der Waals surface area contributed by atoms with Crippen LogP contribution in [0.4, 0.5) is 18.9 Å². The van der Waals surface area contributed by atoms with E-state index in [1.54, 1.807) is 53.3 Å². The number of aryl methyl sites for hydroxylation is 6. The van der Waals surface area contributed by atoms with Crippen molar-refractivity contribution in [2.75, 3.05) is 4.72 Å². The molecule has 0 atom stereocenters. The lowest BCUT2D eigenvalue weighted by Crippen LogP contribution is -2.30. The van der Waals surface area contributed by atoms with Crippen molar-refractivity contribution in [3.8, 4) is 33.4 Å². The Balaban J connectivity index is 0.000000146. The number of para-hydroxylation sites is 1. The zero-order valence-corrected chi connectivity index (χ0v) is 51.3. The number of benzene rings is 9. The summed E-state index contributed by atoms with van der Waals surface area (Å²) in [5.74, 6) is 2.61. The van der Waals surface area contributed by atoms with Crippen molar-refractivity contribution < 1.29 is 35.1 Å². The lowest BCUT2D eigenvalue weighted by atomic mass is 9.89. The van der Waals surface area contributed by atoms with Gasteiger partial charge >= 0.3 is 15.5 Å². The molecule has 0 amide bonds. The SMILES string of the molecule is CC(C)(O)c1ccccc1-c1ccc2nc(CCc3ccc(Cl)cc3)[nH]c2c1.NS(=O)(=O)c1ccccc1-c1ccc2nc(CCc3ccc(Cl)cc3)[nH]c2c1.O=S(=O)(Nc1ccccc1-c1ccc2nc(CCc3ccc(Cl)cc3)[nH]c2c1)C(F)(F)F. The number of anilines is 1. The molecule has 13 nitrogen and oxygen atoms in total. The molecule has 450 valence electrons. The molecule has 0 radical (unpaired) electrons. The van der Waals surface area contributed by atoms with Crippen LogP contribution in [0.3, 0.4) is 0 Å². The van der Waals surface area contributed by atoms with Gasteiger partial charge in [0.15, 0.2) is 0 Å². The van der Waals surface area contributed by atoms with Crippen LogP contribution in [-0.4, -0.2) is 57.4 Å². The first-order valence-electron chi connectivity index (χ1n) is 27.7. The van der Waals surface area contributed by atoms with E-state index in [2.05, 4.69) is 49.2 Å². The highest BCUT2D eigenvalue weighted by molar-refractivity contribution is 7.93. The first-order valence-corrected chi connectivity index (χ1v) is 31.9. The standard InChI is InChI=1S/C24H23ClN2O.C22H17ClF3N3O2S.C21H18ClN3O2S/c1-24(2,28)20-6-4-3-5-19(20)17-10-13-21-22(15-17)27-23(26-21)14-9-16-7-11-18(25)12-8-16;23-16-9-5-14(6-10-16)7-12-21-27-19-11-8-15(13-20(19)28-21)17-3-1-2-4-18(17)29-32(30,31)22(24,25)26;22-16-9-5-14(6-10-16)7-12-21-24-18-11-8-15(13-19(18)25-21)17-3-1-2-4-20(17)28(23,26)27/h3-8,10-13,15,28H,9,14H2,1-2H3,(H,26,27);1-6,8-11,13,29H,7,12H2,(H,27,28);1-6,8-11,13H,7,12H2,(H,24,25)(H2,23,26,27). The van der Waals surface area contributed by atoms with E-state index in [-0.39, 0.29) is 10.6 Å². The Bertz CT molecular complexity index is 4670. The van der Waals surface area contributed by atoms with Gasteiger partial charge in [0, 0.05) is 45.5 Å². The number of rotatable bonds is 16. The fourth-order valence-corrected chi connectivity index (χ4v) is 11.8. The molecule has 0 aliphatic carbocycles. The maximum atomic E-state index is 12.8. The normalized spacial score (nSPS) is 12.0. The average molecular weight is 1280 g/mol. The van der Waals surface area contributed by atoms with Crippen LogP contribution in [0.15, 0.2) is 205 Å². The molecule has 12 aromatic rings. The van der Waals surface area contributed by atoms with Gasteiger partial charge in [-0.15, -0.1) is 0 Å². The highest BCUT2D eigenvalue weighted by Gasteiger charge is 2.46. The Morgan fingerprint density at radius 2 is 0.818 bits per heavy atom. The molecule has 12 rings (SSSR count). The Labute approximate surface area is 521 Å². The van der Waals surface area contributed by atoms with Crippen LogP contribution in [0.25, 0.3) is 66.5 Å². The maximum Gasteiger partial charge on any atom is 0.516 e. The Morgan fingerprint density at radius 3 is 1.22 bits per heavy atom. The summed E-state index contributed by atoms with van der Waals surface area (Å²) in [5.41, 5.74) is 7.35. The molecule has 0 unspecified atom stereocenters. The minimum Gasteiger partial charge on any atom is -0.386 e. The molecular formula is C67H58Cl3F3N8O5S2. The number of aliphatic hydroxyl groups is 1. The van der Waals surface area contributed by atoms with Crippen molar-refractivity contribution in [3.05, 3.63) is 255 Å². The highest BCUT2D eigenvalue weighted by atomic mass is 35.5. The summed E-state index contributed by atoms with van der Waals surface area (Å²) >= 11 is 17.8. The van der Waals surface area contributed by atoms with Gasteiger partial charge in [-0.3, -0.25) is 4.72 Å².